The number of benzene rings is 1. The summed E-state index contributed by atoms with van der Waals surface area (Å²) in [5.74, 6) is -2.03. The first-order chi connectivity index (χ1) is 11.7. The average molecular weight is 345 g/mol. The van der Waals surface area contributed by atoms with Crippen LogP contribution in [-0.4, -0.2) is 39.5 Å². The Bertz CT molecular complexity index is 782. The molecule has 0 saturated heterocycles. The van der Waals surface area contributed by atoms with Gasteiger partial charge in [0.25, 0.3) is 5.91 Å². The van der Waals surface area contributed by atoms with Crippen LogP contribution in [0.3, 0.4) is 0 Å². The molecule has 1 aromatic heterocycles. The van der Waals surface area contributed by atoms with Crippen molar-refractivity contribution < 1.29 is 19.4 Å². The van der Waals surface area contributed by atoms with Crippen molar-refractivity contribution in [3.8, 4) is 5.69 Å². The fraction of sp³-hybridized carbons (Fsp3) is 0.389. The highest BCUT2D eigenvalue weighted by Gasteiger charge is 2.42. The third kappa shape index (κ3) is 3.71. The molecule has 2 unspecified atom stereocenters. The quantitative estimate of drug-likeness (QED) is 0.783. The van der Waals surface area contributed by atoms with E-state index < -0.39 is 17.5 Å². The summed E-state index contributed by atoms with van der Waals surface area (Å²) in [5.41, 5.74) is 1.82. The summed E-state index contributed by atoms with van der Waals surface area (Å²) in [7, 11) is 1.20. The zero-order chi connectivity index (χ0) is 18.8. The van der Waals surface area contributed by atoms with Gasteiger partial charge in [0.1, 0.15) is 0 Å². The maximum absolute atomic E-state index is 12.2. The van der Waals surface area contributed by atoms with E-state index in [9.17, 15) is 14.7 Å². The van der Waals surface area contributed by atoms with Crippen LogP contribution in [0.2, 0.25) is 0 Å². The molecule has 2 atom stereocenters. The molecular weight excluding hydrogens is 322 g/mol. The van der Waals surface area contributed by atoms with Crippen molar-refractivity contribution in [2.75, 3.05) is 7.11 Å². The lowest BCUT2D eigenvalue weighted by atomic mass is 10.0. The summed E-state index contributed by atoms with van der Waals surface area (Å²) >= 11 is 0. The van der Waals surface area contributed by atoms with Crippen molar-refractivity contribution >= 4 is 11.9 Å². The number of rotatable bonds is 6. The van der Waals surface area contributed by atoms with Gasteiger partial charge in [-0.2, -0.15) is 5.10 Å². The monoisotopic (exact) mass is 345 g/mol. The van der Waals surface area contributed by atoms with Crippen molar-refractivity contribution in [2.45, 2.75) is 39.3 Å². The fourth-order valence-electron chi connectivity index (χ4n) is 2.49. The Kier molecular flexibility index (Phi) is 5.27. The molecule has 1 aromatic carbocycles. The topological polar surface area (TPSA) is 93.5 Å². The second-order valence-corrected chi connectivity index (χ2v) is 6.17. The van der Waals surface area contributed by atoms with Gasteiger partial charge in [-0.15, -0.1) is 0 Å². The standard InChI is InChI=1S/C18H23N3O4/c1-11-10-12(2)21(20-11)15-8-6-14(7-9-15)13(3)19-16(22)18(4,25-5)17(23)24/h6-10,13H,1-5H3,(H,19,22)(H,23,24). The Morgan fingerprint density at radius 3 is 2.32 bits per heavy atom. The minimum Gasteiger partial charge on any atom is -0.479 e. The van der Waals surface area contributed by atoms with Crippen LogP contribution in [0.1, 0.15) is 36.8 Å². The minimum absolute atomic E-state index is 0.365. The van der Waals surface area contributed by atoms with E-state index >= 15 is 0 Å². The first kappa shape index (κ1) is 18.7. The molecule has 1 heterocycles. The highest BCUT2D eigenvalue weighted by Crippen LogP contribution is 2.19. The van der Waals surface area contributed by atoms with E-state index in [1.54, 1.807) is 6.92 Å². The molecule has 0 bridgehead atoms. The zero-order valence-electron chi connectivity index (χ0n) is 15.0. The molecule has 0 fully saturated rings. The van der Waals surface area contributed by atoms with Crippen LogP contribution in [-0.2, 0) is 14.3 Å². The SMILES string of the molecule is COC(C)(C(=O)O)C(=O)NC(C)c1ccc(-n2nc(C)cc2C)cc1. The van der Waals surface area contributed by atoms with Gasteiger partial charge in [-0.3, -0.25) is 4.79 Å². The second-order valence-electron chi connectivity index (χ2n) is 6.17. The number of aromatic nitrogens is 2. The summed E-state index contributed by atoms with van der Waals surface area (Å²) in [6.07, 6.45) is 0. The molecule has 0 spiro atoms. The Labute approximate surface area is 146 Å². The van der Waals surface area contributed by atoms with Crippen LogP contribution in [0.15, 0.2) is 30.3 Å². The van der Waals surface area contributed by atoms with Crippen LogP contribution in [0.5, 0.6) is 0 Å². The van der Waals surface area contributed by atoms with Gasteiger partial charge in [0.05, 0.1) is 17.4 Å². The molecule has 0 aliphatic carbocycles. The van der Waals surface area contributed by atoms with Crippen LogP contribution in [0.25, 0.3) is 5.69 Å². The normalized spacial score (nSPS) is 14.6. The molecular formula is C18H23N3O4. The number of ether oxygens (including phenoxy) is 1. The summed E-state index contributed by atoms with van der Waals surface area (Å²) in [5, 5.41) is 16.3. The smallest absolute Gasteiger partial charge is 0.345 e. The second kappa shape index (κ2) is 7.06. The van der Waals surface area contributed by atoms with Crippen molar-refractivity contribution in [2.24, 2.45) is 0 Å². The van der Waals surface area contributed by atoms with E-state index in [0.29, 0.717) is 0 Å². The van der Waals surface area contributed by atoms with Gasteiger partial charge in [-0.05, 0) is 51.5 Å². The first-order valence-electron chi connectivity index (χ1n) is 7.92. The van der Waals surface area contributed by atoms with Crippen LogP contribution >= 0.6 is 0 Å². The number of carboxylic acid groups (broad SMARTS) is 1. The number of carbonyl (C=O) groups is 2. The molecule has 25 heavy (non-hydrogen) atoms. The van der Waals surface area contributed by atoms with Crippen molar-refractivity contribution in [1.82, 2.24) is 15.1 Å². The third-order valence-corrected chi connectivity index (χ3v) is 4.24. The Hall–Kier alpha value is -2.67. The van der Waals surface area contributed by atoms with E-state index in [4.69, 9.17) is 4.74 Å². The van der Waals surface area contributed by atoms with Gasteiger partial charge in [-0.25, -0.2) is 9.48 Å². The number of hydrogen-bond acceptors (Lipinski definition) is 4. The summed E-state index contributed by atoms with van der Waals surface area (Å²) in [6.45, 7) is 6.93. The summed E-state index contributed by atoms with van der Waals surface area (Å²) < 4.78 is 6.71. The number of aliphatic carboxylic acids is 1. The zero-order valence-corrected chi connectivity index (χ0v) is 15.0. The van der Waals surface area contributed by atoms with Gasteiger partial charge in [0.15, 0.2) is 0 Å². The molecule has 1 amide bonds. The molecule has 2 N–H and O–H groups in total. The maximum atomic E-state index is 12.2. The average Bonchev–Trinajstić information content (AvgIpc) is 2.92. The van der Waals surface area contributed by atoms with Gasteiger partial charge >= 0.3 is 5.97 Å². The van der Waals surface area contributed by atoms with Crippen molar-refractivity contribution in [3.05, 3.63) is 47.3 Å². The molecule has 7 nitrogen and oxygen atoms in total. The minimum atomic E-state index is -1.92. The molecule has 0 aliphatic heterocycles. The Morgan fingerprint density at radius 2 is 1.88 bits per heavy atom. The number of hydrogen-bond donors (Lipinski definition) is 2. The molecule has 2 aromatic rings. The Balaban J connectivity index is 2.15. The van der Waals surface area contributed by atoms with E-state index in [0.717, 1.165) is 22.6 Å². The van der Waals surface area contributed by atoms with Crippen LogP contribution in [0.4, 0.5) is 0 Å². The van der Waals surface area contributed by atoms with Crippen molar-refractivity contribution in [3.63, 3.8) is 0 Å². The molecule has 2 rings (SSSR count). The molecule has 7 heteroatoms. The number of amides is 1. The fourth-order valence-corrected chi connectivity index (χ4v) is 2.49. The number of carbonyl (C=O) groups excluding carboxylic acids is 1. The van der Waals surface area contributed by atoms with Gasteiger partial charge in [0, 0.05) is 12.8 Å². The number of nitrogens with one attached hydrogen (secondary N) is 1. The lowest BCUT2D eigenvalue weighted by Gasteiger charge is -2.24. The molecule has 134 valence electrons. The lowest BCUT2D eigenvalue weighted by molar-refractivity contribution is -0.168. The van der Waals surface area contributed by atoms with E-state index in [1.165, 1.54) is 14.0 Å². The first-order valence-corrected chi connectivity index (χ1v) is 7.92. The molecule has 0 radical (unpaired) electrons. The van der Waals surface area contributed by atoms with Crippen LogP contribution in [0, 0.1) is 13.8 Å². The van der Waals surface area contributed by atoms with Gasteiger partial charge in [0.2, 0.25) is 5.60 Å². The lowest BCUT2D eigenvalue weighted by Crippen LogP contribution is -2.52. The van der Waals surface area contributed by atoms with E-state index in [-0.39, 0.29) is 6.04 Å². The van der Waals surface area contributed by atoms with E-state index in [2.05, 4.69) is 10.4 Å². The predicted molar refractivity (Wildman–Crippen MR) is 92.6 cm³/mol. The highest BCUT2D eigenvalue weighted by atomic mass is 16.5. The number of nitrogens with zero attached hydrogens (tertiary/aromatic N) is 2. The van der Waals surface area contributed by atoms with Crippen LogP contribution < -0.4 is 5.32 Å². The number of methoxy groups -OCH3 is 1. The highest BCUT2D eigenvalue weighted by molar-refractivity contribution is 6.05. The summed E-state index contributed by atoms with van der Waals surface area (Å²) in [6, 6.07) is 9.20. The van der Waals surface area contributed by atoms with E-state index in [1.807, 2.05) is 48.9 Å². The number of aryl methyl sites for hydroxylation is 2. The molecule has 0 saturated carbocycles. The molecule has 0 aliphatic rings. The Morgan fingerprint density at radius 1 is 1.28 bits per heavy atom. The summed E-state index contributed by atoms with van der Waals surface area (Å²) in [4.78, 5) is 23.5. The number of carboxylic acids is 1. The third-order valence-electron chi connectivity index (χ3n) is 4.24. The van der Waals surface area contributed by atoms with Crippen molar-refractivity contribution in [1.29, 1.82) is 0 Å². The maximum Gasteiger partial charge on any atom is 0.345 e. The van der Waals surface area contributed by atoms with Gasteiger partial charge in [-0.1, -0.05) is 12.1 Å². The predicted octanol–water partition coefficient (Wildman–Crippen LogP) is 2.16. The largest absolute Gasteiger partial charge is 0.479 e. The van der Waals surface area contributed by atoms with Gasteiger partial charge < -0.3 is 15.2 Å².